The van der Waals surface area contributed by atoms with Gasteiger partial charge < -0.3 is 4.74 Å². The number of aromatic nitrogens is 2. The molecule has 2 heterocycles. The number of piperidine rings is 1. The van der Waals surface area contributed by atoms with E-state index in [2.05, 4.69) is 24.7 Å². The number of hydrogen-bond donors (Lipinski definition) is 0. The average Bonchev–Trinajstić information content (AvgIpc) is 3.26. The minimum Gasteiger partial charge on any atom is -0.456 e. The van der Waals surface area contributed by atoms with E-state index in [4.69, 9.17) is 4.74 Å². The van der Waals surface area contributed by atoms with E-state index in [-0.39, 0.29) is 22.7 Å². The van der Waals surface area contributed by atoms with Crippen molar-refractivity contribution in [1.29, 1.82) is 0 Å². The first kappa shape index (κ1) is 22.0. The van der Waals surface area contributed by atoms with Crippen LogP contribution in [0.4, 0.5) is 0 Å². The lowest BCUT2D eigenvalue weighted by atomic mass is 10.1. The number of esters is 1. The maximum atomic E-state index is 13.4. The molecule has 0 bridgehead atoms. The molecule has 162 valence electrons. The summed E-state index contributed by atoms with van der Waals surface area (Å²) in [5.74, 6) is -1.09. The standard InChI is InChI=1S/C20H18BrN3O5S2/c21-14-6-3-5-13(11-14)17(25)12-29-20(26)16-8-1-2-10-24(16)31(27,28)18-9-4-7-15-19(18)23-30-22-15/h3-7,9,11,16H,1-2,8,10,12H2. The van der Waals surface area contributed by atoms with Crippen LogP contribution in [0.15, 0.2) is 51.8 Å². The van der Waals surface area contributed by atoms with E-state index < -0.39 is 28.6 Å². The molecular weight excluding hydrogens is 506 g/mol. The van der Waals surface area contributed by atoms with E-state index in [1.165, 1.54) is 6.07 Å². The van der Waals surface area contributed by atoms with E-state index in [1.807, 2.05) is 0 Å². The Bertz CT molecular complexity index is 1240. The molecule has 0 spiro atoms. The monoisotopic (exact) mass is 523 g/mol. The van der Waals surface area contributed by atoms with Crippen LogP contribution in [0.5, 0.6) is 0 Å². The molecular formula is C20H18BrN3O5S2. The van der Waals surface area contributed by atoms with E-state index >= 15 is 0 Å². The minimum absolute atomic E-state index is 0.0173. The van der Waals surface area contributed by atoms with Gasteiger partial charge in [-0.15, -0.1) is 0 Å². The molecule has 1 atom stereocenters. The smallest absolute Gasteiger partial charge is 0.324 e. The largest absolute Gasteiger partial charge is 0.456 e. The average molecular weight is 524 g/mol. The zero-order valence-corrected chi connectivity index (χ0v) is 19.5. The van der Waals surface area contributed by atoms with Gasteiger partial charge in [-0.2, -0.15) is 13.1 Å². The second-order valence-corrected chi connectivity index (χ2v) is 10.4. The molecule has 0 N–H and O–H groups in total. The lowest BCUT2D eigenvalue weighted by Gasteiger charge is -2.32. The molecule has 1 unspecified atom stereocenters. The molecule has 1 fully saturated rings. The Hall–Kier alpha value is -2.21. The maximum absolute atomic E-state index is 13.4. The Balaban J connectivity index is 1.53. The fourth-order valence-corrected chi connectivity index (χ4v) is 6.32. The van der Waals surface area contributed by atoms with Crippen LogP contribution in [0, 0.1) is 0 Å². The number of benzene rings is 2. The summed E-state index contributed by atoms with van der Waals surface area (Å²) in [5.41, 5.74) is 1.18. The number of ether oxygens (including phenoxy) is 1. The quantitative estimate of drug-likeness (QED) is 0.359. The molecule has 4 rings (SSSR count). The summed E-state index contributed by atoms with van der Waals surface area (Å²) >= 11 is 4.23. The second kappa shape index (κ2) is 9.11. The van der Waals surface area contributed by atoms with Crippen LogP contribution in [-0.4, -0.2) is 52.4 Å². The highest BCUT2D eigenvalue weighted by Gasteiger charge is 2.39. The van der Waals surface area contributed by atoms with Crippen molar-refractivity contribution >= 4 is 60.5 Å². The highest BCUT2D eigenvalue weighted by molar-refractivity contribution is 9.10. The Labute approximate surface area is 191 Å². The third kappa shape index (κ3) is 4.54. The molecule has 0 radical (unpaired) electrons. The molecule has 0 aliphatic carbocycles. The van der Waals surface area contributed by atoms with Gasteiger partial charge in [-0.3, -0.25) is 9.59 Å². The van der Waals surface area contributed by atoms with E-state index in [9.17, 15) is 18.0 Å². The van der Waals surface area contributed by atoms with Crippen LogP contribution in [0.25, 0.3) is 11.0 Å². The van der Waals surface area contributed by atoms with Crippen molar-refractivity contribution in [2.75, 3.05) is 13.2 Å². The highest BCUT2D eigenvalue weighted by Crippen LogP contribution is 2.30. The molecule has 1 aromatic heterocycles. The molecule has 1 aliphatic rings. The van der Waals surface area contributed by atoms with Crippen LogP contribution in [0.1, 0.15) is 29.6 Å². The molecule has 2 aromatic carbocycles. The summed E-state index contributed by atoms with van der Waals surface area (Å²) in [4.78, 5) is 25.2. The van der Waals surface area contributed by atoms with Gasteiger partial charge in [-0.25, -0.2) is 8.42 Å². The first-order valence-corrected chi connectivity index (χ1v) is 12.5. The molecule has 8 nitrogen and oxygen atoms in total. The zero-order valence-electron chi connectivity index (χ0n) is 16.2. The number of hydrogen-bond acceptors (Lipinski definition) is 8. The van der Waals surface area contributed by atoms with Gasteiger partial charge in [-0.05, 0) is 43.5 Å². The molecule has 1 saturated heterocycles. The lowest BCUT2D eigenvalue weighted by molar-refractivity contribution is -0.148. The predicted molar refractivity (Wildman–Crippen MR) is 118 cm³/mol. The van der Waals surface area contributed by atoms with Crippen molar-refractivity contribution in [1.82, 2.24) is 13.1 Å². The van der Waals surface area contributed by atoms with Crippen LogP contribution in [0.2, 0.25) is 0 Å². The molecule has 1 aliphatic heterocycles. The topological polar surface area (TPSA) is 107 Å². The summed E-state index contributed by atoms with van der Waals surface area (Å²) in [5, 5.41) is 0. The third-order valence-corrected chi connectivity index (χ3v) is 8.03. The first-order valence-electron chi connectivity index (χ1n) is 9.56. The van der Waals surface area contributed by atoms with E-state index in [0.29, 0.717) is 30.3 Å². The third-order valence-electron chi connectivity index (χ3n) is 5.05. The van der Waals surface area contributed by atoms with Gasteiger partial charge in [0.2, 0.25) is 10.0 Å². The summed E-state index contributed by atoms with van der Waals surface area (Å²) < 4.78 is 42.1. The van der Waals surface area contributed by atoms with Crippen molar-refractivity contribution in [3.05, 3.63) is 52.5 Å². The van der Waals surface area contributed by atoms with E-state index in [1.54, 1.807) is 36.4 Å². The molecule has 11 heteroatoms. The second-order valence-electron chi connectivity index (χ2n) is 7.06. The Morgan fingerprint density at radius 2 is 1.97 bits per heavy atom. The molecule has 0 amide bonds. The van der Waals surface area contributed by atoms with Crippen molar-refractivity contribution in [3.8, 4) is 0 Å². The number of carbonyl (C=O) groups excluding carboxylic acids is 2. The maximum Gasteiger partial charge on any atom is 0.324 e. The fraction of sp³-hybridized carbons (Fsp3) is 0.300. The van der Waals surface area contributed by atoms with Gasteiger partial charge in [0.05, 0.1) is 11.7 Å². The van der Waals surface area contributed by atoms with Crippen molar-refractivity contribution in [2.45, 2.75) is 30.2 Å². The summed E-state index contributed by atoms with van der Waals surface area (Å²) in [7, 11) is -4.00. The van der Waals surface area contributed by atoms with Gasteiger partial charge >= 0.3 is 5.97 Å². The van der Waals surface area contributed by atoms with Gasteiger partial charge in [-0.1, -0.05) is 34.1 Å². The van der Waals surface area contributed by atoms with Crippen molar-refractivity contribution < 1.29 is 22.7 Å². The van der Waals surface area contributed by atoms with Crippen molar-refractivity contribution in [2.24, 2.45) is 0 Å². The molecule has 0 saturated carbocycles. The number of rotatable bonds is 6. The summed E-state index contributed by atoms with van der Waals surface area (Å²) in [6, 6.07) is 10.5. The molecule has 31 heavy (non-hydrogen) atoms. The lowest BCUT2D eigenvalue weighted by Crippen LogP contribution is -2.48. The van der Waals surface area contributed by atoms with E-state index in [0.717, 1.165) is 20.5 Å². The Morgan fingerprint density at radius 3 is 2.77 bits per heavy atom. The number of halogens is 1. The summed E-state index contributed by atoms with van der Waals surface area (Å²) in [6.07, 6.45) is 1.65. The van der Waals surface area contributed by atoms with Crippen LogP contribution in [-0.2, 0) is 19.6 Å². The van der Waals surface area contributed by atoms with Gasteiger partial charge in [0, 0.05) is 16.6 Å². The number of ketones is 1. The minimum atomic E-state index is -4.00. The Kier molecular flexibility index (Phi) is 6.47. The van der Waals surface area contributed by atoms with Crippen molar-refractivity contribution in [3.63, 3.8) is 0 Å². The number of carbonyl (C=O) groups is 2. The highest BCUT2D eigenvalue weighted by atomic mass is 79.9. The van der Waals surface area contributed by atoms with Crippen LogP contribution < -0.4 is 0 Å². The van der Waals surface area contributed by atoms with Gasteiger partial charge in [0.15, 0.2) is 12.4 Å². The fourth-order valence-electron chi connectivity index (χ4n) is 3.52. The van der Waals surface area contributed by atoms with Crippen LogP contribution >= 0.6 is 27.7 Å². The normalized spacial score (nSPS) is 17.5. The zero-order chi connectivity index (χ0) is 22.0. The Morgan fingerprint density at radius 1 is 1.16 bits per heavy atom. The molecule has 3 aromatic rings. The predicted octanol–water partition coefficient (Wildman–Crippen LogP) is 3.42. The first-order chi connectivity index (χ1) is 14.9. The van der Waals surface area contributed by atoms with Gasteiger partial charge in [0.1, 0.15) is 22.0 Å². The number of nitrogens with zero attached hydrogens (tertiary/aromatic N) is 3. The van der Waals surface area contributed by atoms with Gasteiger partial charge in [0.25, 0.3) is 0 Å². The SMILES string of the molecule is O=C(COC(=O)C1CCCCN1S(=O)(=O)c1cccc2nsnc12)c1cccc(Br)c1. The number of Topliss-reactive ketones (excluding diaryl/α,β-unsaturated/α-hetero) is 1. The van der Waals surface area contributed by atoms with Crippen LogP contribution in [0.3, 0.4) is 0 Å². The number of fused-ring (bicyclic) bond motifs is 1. The summed E-state index contributed by atoms with van der Waals surface area (Å²) in [6.45, 7) is -0.263. The number of sulfonamides is 1.